The number of anilines is 1. The van der Waals surface area contributed by atoms with Gasteiger partial charge in [0.25, 0.3) is 0 Å². The third-order valence-electron chi connectivity index (χ3n) is 3.70. The number of rotatable bonds is 9. The van der Waals surface area contributed by atoms with Crippen LogP contribution in [0.5, 0.6) is 5.75 Å². The van der Waals surface area contributed by atoms with Crippen molar-refractivity contribution >= 4 is 38.9 Å². The zero-order chi connectivity index (χ0) is 20.0. The van der Waals surface area contributed by atoms with Gasteiger partial charge in [0.2, 0.25) is 10.0 Å². The third-order valence-corrected chi connectivity index (χ3v) is 5.05. The molecule has 0 aromatic heterocycles. The maximum absolute atomic E-state index is 11.2. The van der Waals surface area contributed by atoms with Crippen LogP contribution < -0.4 is 14.8 Å². The van der Waals surface area contributed by atoms with Crippen LogP contribution in [0.2, 0.25) is 10.0 Å². The van der Waals surface area contributed by atoms with E-state index in [1.165, 1.54) is 0 Å². The summed E-state index contributed by atoms with van der Waals surface area (Å²) in [6.07, 6.45) is 0.365. The van der Waals surface area contributed by atoms with Crippen molar-refractivity contribution in [2.24, 2.45) is 0 Å². The average molecular weight is 433 g/mol. The second-order valence-electron chi connectivity index (χ2n) is 6.17. The lowest BCUT2D eigenvalue weighted by Gasteiger charge is -2.18. The SMILES string of the molecule is CC(NCC(O)COc1ccc(NS(C)(=O)=O)cc1)c1ccc(Cl)c(Cl)c1. The molecule has 2 unspecified atom stereocenters. The zero-order valence-corrected chi connectivity index (χ0v) is 17.3. The first-order valence-electron chi connectivity index (χ1n) is 8.21. The fraction of sp³-hybridized carbons (Fsp3) is 0.333. The molecule has 0 saturated carbocycles. The van der Waals surface area contributed by atoms with E-state index in [4.69, 9.17) is 27.9 Å². The molecule has 0 heterocycles. The van der Waals surface area contributed by atoms with Crippen LogP contribution in [0.3, 0.4) is 0 Å². The summed E-state index contributed by atoms with van der Waals surface area (Å²) in [7, 11) is -3.31. The highest BCUT2D eigenvalue weighted by Crippen LogP contribution is 2.25. The van der Waals surface area contributed by atoms with Gasteiger partial charge in [0.15, 0.2) is 0 Å². The molecule has 9 heteroatoms. The number of sulfonamides is 1. The van der Waals surface area contributed by atoms with Gasteiger partial charge >= 0.3 is 0 Å². The van der Waals surface area contributed by atoms with Gasteiger partial charge in [-0.1, -0.05) is 29.3 Å². The lowest BCUT2D eigenvalue weighted by atomic mass is 10.1. The van der Waals surface area contributed by atoms with Crippen LogP contribution in [0.1, 0.15) is 18.5 Å². The first kappa shape index (κ1) is 21.8. The highest BCUT2D eigenvalue weighted by molar-refractivity contribution is 7.92. The van der Waals surface area contributed by atoms with Crippen LogP contribution in [0.25, 0.3) is 0 Å². The van der Waals surface area contributed by atoms with E-state index in [0.717, 1.165) is 11.8 Å². The molecule has 0 aliphatic heterocycles. The second kappa shape index (κ2) is 9.61. The first-order chi connectivity index (χ1) is 12.6. The normalized spacial score (nSPS) is 13.8. The number of halogens is 2. The van der Waals surface area contributed by atoms with E-state index in [-0.39, 0.29) is 12.6 Å². The van der Waals surface area contributed by atoms with Crippen LogP contribution in [0.15, 0.2) is 42.5 Å². The van der Waals surface area contributed by atoms with E-state index >= 15 is 0 Å². The van der Waals surface area contributed by atoms with Crippen molar-refractivity contribution in [1.29, 1.82) is 0 Å². The molecule has 2 atom stereocenters. The largest absolute Gasteiger partial charge is 0.491 e. The molecule has 0 spiro atoms. The Morgan fingerprint density at radius 3 is 2.37 bits per heavy atom. The molecule has 2 aromatic rings. The van der Waals surface area contributed by atoms with Crippen molar-refractivity contribution < 1.29 is 18.3 Å². The predicted octanol–water partition coefficient (Wildman–Crippen LogP) is 3.46. The average Bonchev–Trinajstić information content (AvgIpc) is 2.60. The highest BCUT2D eigenvalue weighted by atomic mass is 35.5. The van der Waals surface area contributed by atoms with E-state index in [9.17, 15) is 13.5 Å². The Morgan fingerprint density at radius 1 is 1.11 bits per heavy atom. The van der Waals surface area contributed by atoms with Gasteiger partial charge < -0.3 is 15.2 Å². The van der Waals surface area contributed by atoms with Crippen molar-refractivity contribution in [3.63, 3.8) is 0 Å². The first-order valence-corrected chi connectivity index (χ1v) is 10.9. The van der Waals surface area contributed by atoms with Gasteiger partial charge in [-0.15, -0.1) is 0 Å². The van der Waals surface area contributed by atoms with Crippen molar-refractivity contribution in [2.45, 2.75) is 19.1 Å². The van der Waals surface area contributed by atoms with Gasteiger partial charge in [0.1, 0.15) is 18.5 Å². The molecule has 2 rings (SSSR count). The van der Waals surface area contributed by atoms with Crippen molar-refractivity contribution in [2.75, 3.05) is 24.1 Å². The van der Waals surface area contributed by atoms with Crippen LogP contribution in [-0.4, -0.2) is 39.0 Å². The lowest BCUT2D eigenvalue weighted by Crippen LogP contribution is -2.33. The van der Waals surface area contributed by atoms with Crippen LogP contribution >= 0.6 is 23.2 Å². The smallest absolute Gasteiger partial charge is 0.229 e. The van der Waals surface area contributed by atoms with E-state index in [2.05, 4.69) is 10.0 Å². The van der Waals surface area contributed by atoms with E-state index in [1.807, 2.05) is 13.0 Å². The van der Waals surface area contributed by atoms with Crippen LogP contribution in [-0.2, 0) is 10.0 Å². The van der Waals surface area contributed by atoms with Gasteiger partial charge in [0, 0.05) is 18.3 Å². The van der Waals surface area contributed by atoms with Gasteiger partial charge in [-0.2, -0.15) is 0 Å². The molecule has 0 radical (unpaired) electrons. The van der Waals surface area contributed by atoms with E-state index in [0.29, 0.717) is 28.0 Å². The van der Waals surface area contributed by atoms with Gasteiger partial charge in [-0.3, -0.25) is 4.72 Å². The number of aliphatic hydroxyl groups is 1. The lowest BCUT2D eigenvalue weighted by molar-refractivity contribution is 0.104. The molecule has 148 valence electrons. The molecule has 0 saturated heterocycles. The Kier molecular flexibility index (Phi) is 7.76. The fourth-order valence-corrected chi connectivity index (χ4v) is 3.17. The summed E-state index contributed by atoms with van der Waals surface area (Å²) in [5.74, 6) is 0.533. The Labute approximate surface area is 169 Å². The monoisotopic (exact) mass is 432 g/mol. The fourth-order valence-electron chi connectivity index (χ4n) is 2.30. The summed E-state index contributed by atoms with van der Waals surface area (Å²) in [4.78, 5) is 0. The summed E-state index contributed by atoms with van der Waals surface area (Å²) >= 11 is 11.9. The molecular weight excluding hydrogens is 411 g/mol. The second-order valence-corrected chi connectivity index (χ2v) is 8.73. The standard InChI is InChI=1S/C18H22Cl2N2O4S/c1-12(13-3-8-17(19)18(20)9-13)21-10-15(23)11-26-16-6-4-14(5-7-16)22-27(2,24)25/h3-9,12,15,21-23H,10-11H2,1-2H3. The molecule has 0 aliphatic carbocycles. The summed E-state index contributed by atoms with van der Waals surface area (Å²) < 4.78 is 30.2. The van der Waals surface area contributed by atoms with E-state index < -0.39 is 16.1 Å². The minimum Gasteiger partial charge on any atom is -0.491 e. The van der Waals surface area contributed by atoms with Gasteiger partial charge in [-0.05, 0) is 48.9 Å². The Bertz CT molecular complexity index is 860. The summed E-state index contributed by atoms with van der Waals surface area (Å²) in [6, 6.07) is 11.8. The Hall–Kier alpha value is -1.51. The summed E-state index contributed by atoms with van der Waals surface area (Å²) in [6.45, 7) is 2.38. The maximum atomic E-state index is 11.2. The molecule has 0 amide bonds. The minimum absolute atomic E-state index is 0.0178. The summed E-state index contributed by atoms with van der Waals surface area (Å²) in [5.41, 5.74) is 1.41. The Morgan fingerprint density at radius 2 is 1.78 bits per heavy atom. The minimum atomic E-state index is -3.31. The summed E-state index contributed by atoms with van der Waals surface area (Å²) in [5, 5.41) is 14.3. The number of nitrogens with one attached hydrogen (secondary N) is 2. The highest BCUT2D eigenvalue weighted by Gasteiger charge is 2.11. The quantitative estimate of drug-likeness (QED) is 0.564. The number of hydrogen-bond donors (Lipinski definition) is 3. The topological polar surface area (TPSA) is 87.7 Å². The van der Waals surface area contributed by atoms with Gasteiger partial charge in [0.05, 0.1) is 16.3 Å². The molecule has 0 bridgehead atoms. The molecule has 27 heavy (non-hydrogen) atoms. The van der Waals surface area contributed by atoms with Crippen LogP contribution in [0, 0.1) is 0 Å². The zero-order valence-electron chi connectivity index (χ0n) is 14.9. The molecule has 3 N–H and O–H groups in total. The number of hydrogen-bond acceptors (Lipinski definition) is 5. The van der Waals surface area contributed by atoms with E-state index in [1.54, 1.807) is 36.4 Å². The third kappa shape index (κ3) is 7.56. The van der Waals surface area contributed by atoms with Crippen molar-refractivity contribution in [1.82, 2.24) is 5.32 Å². The van der Waals surface area contributed by atoms with Crippen LogP contribution in [0.4, 0.5) is 5.69 Å². The molecule has 6 nitrogen and oxygen atoms in total. The molecule has 0 aliphatic rings. The number of benzene rings is 2. The molecule has 0 fully saturated rings. The van der Waals surface area contributed by atoms with Crippen molar-refractivity contribution in [3.8, 4) is 5.75 Å². The number of aliphatic hydroxyl groups excluding tert-OH is 1. The number of ether oxygens (including phenoxy) is 1. The van der Waals surface area contributed by atoms with Gasteiger partial charge in [-0.25, -0.2) is 8.42 Å². The maximum Gasteiger partial charge on any atom is 0.229 e. The Balaban J connectivity index is 1.78. The molecule has 2 aromatic carbocycles. The predicted molar refractivity (Wildman–Crippen MR) is 109 cm³/mol. The van der Waals surface area contributed by atoms with Crippen molar-refractivity contribution in [3.05, 3.63) is 58.1 Å². The molecular formula is C18H22Cl2N2O4S.